The molecule has 1 N–H and O–H groups in total. The maximum atomic E-state index is 13.3. The van der Waals surface area contributed by atoms with E-state index in [0.29, 0.717) is 28.8 Å². The molecule has 2 fully saturated rings. The fourth-order valence-electron chi connectivity index (χ4n) is 7.48. The van der Waals surface area contributed by atoms with Crippen LogP contribution >= 0.6 is 0 Å². The first kappa shape index (κ1) is 17.8. The lowest BCUT2D eigenvalue weighted by atomic mass is 9.51. The number of amides is 2. The Kier molecular flexibility index (Phi) is 3.26. The third kappa shape index (κ3) is 1.94. The molecule has 5 atom stereocenters. The van der Waals surface area contributed by atoms with Crippen molar-refractivity contribution < 1.29 is 19.4 Å². The van der Waals surface area contributed by atoms with Gasteiger partial charge in [0.05, 0.1) is 17.2 Å². The highest BCUT2D eigenvalue weighted by molar-refractivity contribution is 6.21. The summed E-state index contributed by atoms with van der Waals surface area (Å²) in [5, 5.41) is 10.7. The second-order valence-electron chi connectivity index (χ2n) is 9.81. The number of fused-ring (bicyclic) bond motifs is 1. The van der Waals surface area contributed by atoms with E-state index < -0.39 is 0 Å². The van der Waals surface area contributed by atoms with Gasteiger partial charge < -0.3 is 14.7 Å². The predicted molar refractivity (Wildman–Crippen MR) is 112 cm³/mol. The standard InChI is InChI=1S/C25H24N2O4/c1-26-11-10-25-16-7-8-17(27-23(29)14-4-2-3-5-15(14)24(27)30)22(25)31-21-19(28)9-6-13(20(21)25)12-18(16)26/h2-6,9,16-18,22,28H,7-8,10-12H2,1H3/t16-,17+,18-,22-,25-/m0/s1. The lowest BCUT2D eigenvalue weighted by molar-refractivity contribution is -0.0716. The molecule has 2 aliphatic carbocycles. The van der Waals surface area contributed by atoms with Gasteiger partial charge in [0.25, 0.3) is 11.8 Å². The van der Waals surface area contributed by atoms with Gasteiger partial charge in [-0.15, -0.1) is 0 Å². The maximum absolute atomic E-state index is 13.3. The average molecular weight is 416 g/mol. The largest absolute Gasteiger partial charge is 0.504 e. The highest BCUT2D eigenvalue weighted by Gasteiger charge is 2.67. The Hall–Kier alpha value is -2.86. The summed E-state index contributed by atoms with van der Waals surface area (Å²) < 4.78 is 6.55. The Bertz CT molecular complexity index is 1140. The number of carbonyl (C=O) groups is 2. The molecular weight excluding hydrogens is 392 g/mol. The number of nitrogens with zero attached hydrogens (tertiary/aromatic N) is 2. The van der Waals surface area contributed by atoms with Crippen LogP contribution in [0, 0.1) is 5.92 Å². The van der Waals surface area contributed by atoms with Gasteiger partial charge in [-0.1, -0.05) is 18.2 Å². The number of piperidine rings is 1. The maximum Gasteiger partial charge on any atom is 0.261 e. The number of hydrogen-bond acceptors (Lipinski definition) is 5. The molecule has 158 valence electrons. The number of carbonyl (C=O) groups excluding carboxylic acids is 2. The van der Waals surface area contributed by atoms with Gasteiger partial charge in [0, 0.05) is 17.0 Å². The minimum Gasteiger partial charge on any atom is -0.504 e. The Morgan fingerprint density at radius 2 is 1.77 bits per heavy atom. The molecule has 1 saturated carbocycles. The van der Waals surface area contributed by atoms with Crippen LogP contribution in [0.25, 0.3) is 0 Å². The molecule has 2 bridgehead atoms. The molecule has 3 heterocycles. The smallest absolute Gasteiger partial charge is 0.261 e. The zero-order valence-electron chi connectivity index (χ0n) is 17.4. The minimum absolute atomic E-state index is 0.166. The van der Waals surface area contributed by atoms with Crippen molar-refractivity contribution in [3.63, 3.8) is 0 Å². The zero-order valence-corrected chi connectivity index (χ0v) is 17.4. The van der Waals surface area contributed by atoms with Gasteiger partial charge in [0.15, 0.2) is 11.5 Å². The summed E-state index contributed by atoms with van der Waals surface area (Å²) in [6.07, 6.45) is 3.24. The average Bonchev–Trinajstić information content (AvgIpc) is 3.25. The molecule has 2 aromatic rings. The lowest BCUT2D eigenvalue weighted by Crippen LogP contribution is -2.68. The molecule has 31 heavy (non-hydrogen) atoms. The van der Waals surface area contributed by atoms with E-state index in [0.717, 1.165) is 37.8 Å². The summed E-state index contributed by atoms with van der Waals surface area (Å²) in [4.78, 5) is 30.5. The molecule has 7 rings (SSSR count). The number of hydrogen-bond donors (Lipinski definition) is 1. The first-order chi connectivity index (χ1) is 15.0. The van der Waals surface area contributed by atoms with Crippen molar-refractivity contribution in [1.82, 2.24) is 9.80 Å². The minimum atomic E-state index is -0.328. The number of likely N-dealkylation sites (tertiary alicyclic amines) is 1. The van der Waals surface area contributed by atoms with Crippen molar-refractivity contribution in [2.75, 3.05) is 13.6 Å². The van der Waals surface area contributed by atoms with Gasteiger partial charge in [0.2, 0.25) is 0 Å². The molecule has 0 radical (unpaired) electrons. The van der Waals surface area contributed by atoms with Crippen LogP contribution in [0.1, 0.15) is 51.1 Å². The molecule has 6 nitrogen and oxygen atoms in total. The highest BCUT2D eigenvalue weighted by atomic mass is 16.5. The van der Waals surface area contributed by atoms with Crippen LogP contribution in [0.4, 0.5) is 0 Å². The van der Waals surface area contributed by atoms with Gasteiger partial charge in [-0.05, 0) is 69.0 Å². The van der Waals surface area contributed by atoms with E-state index in [1.807, 2.05) is 6.07 Å². The summed E-state index contributed by atoms with van der Waals surface area (Å²) in [7, 11) is 2.20. The molecule has 3 aliphatic heterocycles. The van der Waals surface area contributed by atoms with Gasteiger partial charge in [-0.2, -0.15) is 0 Å². The van der Waals surface area contributed by atoms with Gasteiger partial charge in [-0.25, -0.2) is 0 Å². The number of likely N-dealkylation sites (N-methyl/N-ethyl adjacent to an activating group) is 1. The van der Waals surface area contributed by atoms with Crippen molar-refractivity contribution in [3.05, 3.63) is 58.7 Å². The van der Waals surface area contributed by atoms with E-state index in [1.165, 1.54) is 10.5 Å². The summed E-state index contributed by atoms with van der Waals surface area (Å²) >= 11 is 0. The van der Waals surface area contributed by atoms with Crippen LogP contribution in [0.5, 0.6) is 11.5 Å². The zero-order chi connectivity index (χ0) is 21.1. The molecule has 1 saturated heterocycles. The number of phenols is 1. The van der Waals surface area contributed by atoms with Crippen LogP contribution in [-0.4, -0.2) is 58.5 Å². The van der Waals surface area contributed by atoms with Crippen molar-refractivity contribution >= 4 is 11.8 Å². The number of imide groups is 1. The van der Waals surface area contributed by atoms with E-state index in [1.54, 1.807) is 30.3 Å². The van der Waals surface area contributed by atoms with Crippen LogP contribution in [0.2, 0.25) is 0 Å². The Labute approximate surface area is 180 Å². The quantitative estimate of drug-likeness (QED) is 0.724. The van der Waals surface area contributed by atoms with E-state index in [9.17, 15) is 14.7 Å². The monoisotopic (exact) mass is 416 g/mol. The number of benzene rings is 2. The Morgan fingerprint density at radius 1 is 1.03 bits per heavy atom. The SMILES string of the molecule is CN1CC[C@]23c4c5ccc(O)c4O[C@H]2[C@H](N2C(=O)c4ccccc4C2=O)CC[C@H]3[C@@H]1C5. The van der Waals surface area contributed by atoms with E-state index in [4.69, 9.17) is 4.74 Å². The highest BCUT2D eigenvalue weighted by Crippen LogP contribution is 2.64. The number of rotatable bonds is 1. The molecule has 2 amide bonds. The Balaban J connectivity index is 1.39. The van der Waals surface area contributed by atoms with Crippen molar-refractivity contribution in [3.8, 4) is 11.5 Å². The fourth-order valence-corrected chi connectivity index (χ4v) is 7.48. The normalized spacial score (nSPS) is 35.1. The van der Waals surface area contributed by atoms with Crippen LogP contribution in [0.15, 0.2) is 36.4 Å². The van der Waals surface area contributed by atoms with E-state index >= 15 is 0 Å². The van der Waals surface area contributed by atoms with Crippen molar-refractivity contribution in [2.45, 2.75) is 49.3 Å². The van der Waals surface area contributed by atoms with E-state index in [-0.39, 0.29) is 35.1 Å². The third-order valence-electron chi connectivity index (χ3n) is 8.72. The molecule has 0 aromatic heterocycles. The fraction of sp³-hybridized carbons (Fsp3) is 0.440. The summed E-state index contributed by atoms with van der Waals surface area (Å²) in [5.74, 6) is 0.714. The van der Waals surface area contributed by atoms with E-state index in [2.05, 4.69) is 11.9 Å². The number of phenolic OH excluding ortho intramolecular Hbond substituents is 1. The summed E-state index contributed by atoms with van der Waals surface area (Å²) in [5.41, 5.74) is 3.10. The van der Waals surface area contributed by atoms with Crippen LogP contribution in [0.3, 0.4) is 0 Å². The topological polar surface area (TPSA) is 70.1 Å². The molecule has 6 heteroatoms. The molecule has 5 aliphatic rings. The molecule has 0 unspecified atom stereocenters. The first-order valence-electron chi connectivity index (χ1n) is 11.2. The summed E-state index contributed by atoms with van der Waals surface area (Å²) in [6, 6.07) is 10.9. The number of ether oxygens (including phenoxy) is 1. The van der Waals surface area contributed by atoms with Crippen molar-refractivity contribution in [1.29, 1.82) is 0 Å². The molecular formula is C25H24N2O4. The molecule has 2 aromatic carbocycles. The second-order valence-corrected chi connectivity index (χ2v) is 9.81. The second kappa shape index (κ2) is 5.68. The first-order valence-corrected chi connectivity index (χ1v) is 11.2. The van der Waals surface area contributed by atoms with Crippen LogP contribution < -0.4 is 4.74 Å². The third-order valence-corrected chi connectivity index (χ3v) is 8.72. The lowest BCUT2D eigenvalue weighted by Gasteiger charge is -2.59. The summed E-state index contributed by atoms with van der Waals surface area (Å²) in [6.45, 7) is 0.949. The van der Waals surface area contributed by atoms with Crippen LogP contribution in [-0.2, 0) is 11.8 Å². The number of aromatic hydroxyl groups is 1. The van der Waals surface area contributed by atoms with Gasteiger partial charge in [-0.3, -0.25) is 14.5 Å². The van der Waals surface area contributed by atoms with Gasteiger partial charge in [0.1, 0.15) is 6.10 Å². The Morgan fingerprint density at radius 3 is 2.52 bits per heavy atom. The van der Waals surface area contributed by atoms with Crippen molar-refractivity contribution in [2.24, 2.45) is 5.92 Å². The molecule has 1 spiro atoms. The van der Waals surface area contributed by atoms with Gasteiger partial charge >= 0.3 is 0 Å². The predicted octanol–water partition coefficient (Wildman–Crippen LogP) is 2.73.